The second kappa shape index (κ2) is 7.00. The molecule has 2 nitrogen and oxygen atoms in total. The lowest BCUT2D eigenvalue weighted by atomic mass is 9.66. The number of rotatable bonds is 6. The number of nitrogens with zero attached hydrogens (tertiary/aromatic N) is 1. The number of hydrogen-bond acceptors (Lipinski definition) is 2. The van der Waals surface area contributed by atoms with Gasteiger partial charge in [0.05, 0.1) is 6.61 Å². The summed E-state index contributed by atoms with van der Waals surface area (Å²) in [6.45, 7) is 2.68. The van der Waals surface area contributed by atoms with Crippen LogP contribution in [-0.4, -0.2) is 34.2 Å². The van der Waals surface area contributed by atoms with Gasteiger partial charge in [0.1, 0.15) is 0 Å². The molecule has 1 spiro atoms. The van der Waals surface area contributed by atoms with Crippen molar-refractivity contribution in [2.24, 2.45) is 5.92 Å². The summed E-state index contributed by atoms with van der Waals surface area (Å²) in [5.74, 6) is 0.940. The Morgan fingerprint density at radius 2 is 1.86 bits per heavy atom. The van der Waals surface area contributed by atoms with Crippen molar-refractivity contribution in [3.63, 3.8) is 0 Å². The largest absolute Gasteiger partial charge is 0.395 e. The smallest absolute Gasteiger partial charge is 0.0587 e. The molecule has 1 N–H and O–H groups in total. The molecule has 0 aromatic heterocycles. The van der Waals surface area contributed by atoms with E-state index in [1.807, 2.05) is 0 Å². The normalized spacial score (nSPS) is 40.0. The van der Waals surface area contributed by atoms with Gasteiger partial charge >= 0.3 is 0 Å². The quantitative estimate of drug-likeness (QED) is 0.729. The maximum atomic E-state index is 9.88. The minimum absolute atomic E-state index is 0.389. The number of aliphatic hydroxyl groups excluding tert-OH is 1. The van der Waals surface area contributed by atoms with E-state index in [2.05, 4.69) is 11.8 Å². The van der Waals surface area contributed by atoms with E-state index in [1.165, 1.54) is 83.5 Å². The Kier molecular flexibility index (Phi) is 5.27. The molecule has 3 aliphatic rings. The van der Waals surface area contributed by atoms with E-state index < -0.39 is 0 Å². The van der Waals surface area contributed by atoms with Crippen LogP contribution in [0.3, 0.4) is 0 Å². The second-order valence-corrected chi connectivity index (χ2v) is 7.91. The molecule has 0 amide bonds. The van der Waals surface area contributed by atoms with Gasteiger partial charge in [-0.1, -0.05) is 45.4 Å². The molecule has 122 valence electrons. The van der Waals surface area contributed by atoms with Crippen LogP contribution < -0.4 is 0 Å². The van der Waals surface area contributed by atoms with Gasteiger partial charge in [0.15, 0.2) is 0 Å². The third kappa shape index (κ3) is 2.91. The lowest BCUT2D eigenvalue weighted by Gasteiger charge is -2.56. The average Bonchev–Trinajstić information content (AvgIpc) is 2.90. The van der Waals surface area contributed by atoms with Crippen LogP contribution in [-0.2, 0) is 0 Å². The Labute approximate surface area is 131 Å². The molecule has 3 fully saturated rings. The van der Waals surface area contributed by atoms with Crippen LogP contribution in [0.1, 0.15) is 90.4 Å². The van der Waals surface area contributed by atoms with E-state index in [-0.39, 0.29) is 0 Å². The molecule has 0 aromatic rings. The predicted molar refractivity (Wildman–Crippen MR) is 88.4 cm³/mol. The first-order valence-electron chi connectivity index (χ1n) is 9.71. The summed E-state index contributed by atoms with van der Waals surface area (Å²) >= 11 is 0. The van der Waals surface area contributed by atoms with E-state index in [0.29, 0.717) is 18.2 Å². The van der Waals surface area contributed by atoms with Crippen molar-refractivity contribution in [3.8, 4) is 0 Å². The average molecular weight is 293 g/mol. The molecule has 0 bridgehead atoms. The first kappa shape index (κ1) is 15.8. The summed E-state index contributed by atoms with van der Waals surface area (Å²) in [5.41, 5.74) is 0.499. The standard InChI is InChI=1S/C19H35NO/c1-2-3-4-5-9-17-11-10-16-8-6-7-13-19(16)14-12-18(15-21)20(17)19/h16-18,21H,2-15H2,1H3/t16-,17-,18+,19-/m0/s1. The van der Waals surface area contributed by atoms with Gasteiger partial charge in [0.2, 0.25) is 0 Å². The van der Waals surface area contributed by atoms with Gasteiger partial charge in [-0.2, -0.15) is 0 Å². The van der Waals surface area contributed by atoms with Crippen LogP contribution in [0.25, 0.3) is 0 Å². The van der Waals surface area contributed by atoms with E-state index in [4.69, 9.17) is 0 Å². The fraction of sp³-hybridized carbons (Fsp3) is 1.00. The van der Waals surface area contributed by atoms with Gasteiger partial charge in [-0.05, 0) is 50.9 Å². The highest BCUT2D eigenvalue weighted by atomic mass is 16.3. The lowest BCUT2D eigenvalue weighted by Crippen LogP contribution is -2.61. The topological polar surface area (TPSA) is 23.5 Å². The van der Waals surface area contributed by atoms with Gasteiger partial charge in [-0.3, -0.25) is 4.90 Å². The van der Waals surface area contributed by atoms with Crippen LogP contribution in [0, 0.1) is 5.92 Å². The molecule has 4 atom stereocenters. The van der Waals surface area contributed by atoms with E-state index >= 15 is 0 Å². The van der Waals surface area contributed by atoms with Crippen LogP contribution in [0.4, 0.5) is 0 Å². The monoisotopic (exact) mass is 293 g/mol. The van der Waals surface area contributed by atoms with E-state index in [1.54, 1.807) is 0 Å². The van der Waals surface area contributed by atoms with Gasteiger partial charge in [0.25, 0.3) is 0 Å². The third-order valence-electron chi connectivity index (χ3n) is 6.83. The summed E-state index contributed by atoms with van der Waals surface area (Å²) in [5, 5.41) is 9.88. The summed E-state index contributed by atoms with van der Waals surface area (Å²) in [6.07, 6.45) is 18.1. The zero-order valence-electron chi connectivity index (χ0n) is 14.0. The first-order valence-corrected chi connectivity index (χ1v) is 9.71. The Bertz CT molecular complexity index is 332. The fourth-order valence-corrected chi connectivity index (χ4v) is 5.89. The highest BCUT2D eigenvalue weighted by Crippen LogP contribution is 2.54. The van der Waals surface area contributed by atoms with Crippen molar-refractivity contribution < 1.29 is 5.11 Å². The molecule has 0 aromatic carbocycles. The molecule has 2 heteroatoms. The highest BCUT2D eigenvalue weighted by Gasteiger charge is 2.55. The van der Waals surface area contributed by atoms with Crippen molar-refractivity contribution in [1.29, 1.82) is 0 Å². The van der Waals surface area contributed by atoms with Crippen molar-refractivity contribution in [3.05, 3.63) is 0 Å². The maximum Gasteiger partial charge on any atom is 0.0587 e. The molecule has 0 unspecified atom stereocenters. The molecule has 21 heavy (non-hydrogen) atoms. The molecule has 3 rings (SSSR count). The molecule has 0 radical (unpaired) electrons. The number of hydrogen-bond donors (Lipinski definition) is 1. The van der Waals surface area contributed by atoms with Crippen molar-refractivity contribution in [2.45, 2.75) is 108 Å². The Hall–Kier alpha value is -0.0800. The Balaban J connectivity index is 1.70. The van der Waals surface area contributed by atoms with Crippen molar-refractivity contribution in [1.82, 2.24) is 4.90 Å². The van der Waals surface area contributed by atoms with Crippen molar-refractivity contribution >= 4 is 0 Å². The van der Waals surface area contributed by atoms with Gasteiger partial charge in [-0.25, -0.2) is 0 Å². The minimum atomic E-state index is 0.389. The molecule has 2 heterocycles. The Morgan fingerprint density at radius 3 is 2.67 bits per heavy atom. The summed E-state index contributed by atoms with van der Waals surface area (Å²) in [6, 6.07) is 1.25. The highest BCUT2D eigenvalue weighted by molar-refractivity contribution is 5.10. The van der Waals surface area contributed by atoms with Gasteiger partial charge in [0, 0.05) is 17.6 Å². The number of aliphatic hydroxyl groups is 1. The van der Waals surface area contributed by atoms with Crippen LogP contribution in [0.15, 0.2) is 0 Å². The minimum Gasteiger partial charge on any atom is -0.395 e. The van der Waals surface area contributed by atoms with Gasteiger partial charge < -0.3 is 5.11 Å². The van der Waals surface area contributed by atoms with Crippen LogP contribution in [0.2, 0.25) is 0 Å². The SMILES string of the molecule is CCCCCC[C@H]1CC[C@@H]2CCCC[C@]23CC[C@H](CO)N13. The maximum absolute atomic E-state index is 9.88. The number of unbranched alkanes of at least 4 members (excludes halogenated alkanes) is 3. The number of piperidine rings is 1. The predicted octanol–water partition coefficient (Wildman–Crippen LogP) is 4.50. The molecular weight excluding hydrogens is 258 g/mol. The van der Waals surface area contributed by atoms with E-state index in [0.717, 1.165) is 12.0 Å². The van der Waals surface area contributed by atoms with Gasteiger partial charge in [-0.15, -0.1) is 0 Å². The fourth-order valence-electron chi connectivity index (χ4n) is 5.89. The molecule has 2 saturated heterocycles. The first-order chi connectivity index (χ1) is 10.3. The summed E-state index contributed by atoms with van der Waals surface area (Å²) < 4.78 is 0. The molecule has 2 aliphatic heterocycles. The summed E-state index contributed by atoms with van der Waals surface area (Å²) in [4.78, 5) is 2.87. The zero-order chi connectivity index (χ0) is 14.7. The third-order valence-corrected chi connectivity index (χ3v) is 6.83. The van der Waals surface area contributed by atoms with Crippen LogP contribution in [0.5, 0.6) is 0 Å². The molecular formula is C19H35NO. The lowest BCUT2D eigenvalue weighted by molar-refractivity contribution is -0.0702. The second-order valence-electron chi connectivity index (χ2n) is 7.91. The molecule has 1 saturated carbocycles. The summed E-state index contributed by atoms with van der Waals surface area (Å²) in [7, 11) is 0. The molecule has 1 aliphatic carbocycles. The Morgan fingerprint density at radius 1 is 0.952 bits per heavy atom. The zero-order valence-corrected chi connectivity index (χ0v) is 14.0. The van der Waals surface area contributed by atoms with Crippen LogP contribution >= 0.6 is 0 Å². The van der Waals surface area contributed by atoms with Crippen molar-refractivity contribution in [2.75, 3.05) is 6.61 Å². The van der Waals surface area contributed by atoms with E-state index in [9.17, 15) is 5.11 Å².